The Morgan fingerprint density at radius 2 is 1.90 bits per heavy atom. The minimum Gasteiger partial charge on any atom is -0.475 e. The molecule has 5 heteroatoms. The van der Waals surface area contributed by atoms with E-state index in [0.29, 0.717) is 5.76 Å². The number of anilines is 1. The van der Waals surface area contributed by atoms with Crippen molar-refractivity contribution in [3.63, 3.8) is 0 Å². The highest BCUT2D eigenvalue weighted by Gasteiger charge is 2.15. The van der Waals surface area contributed by atoms with E-state index in [-0.39, 0.29) is 11.8 Å². The van der Waals surface area contributed by atoms with Crippen LogP contribution >= 0.6 is 15.9 Å². The van der Waals surface area contributed by atoms with Crippen LogP contribution in [0.25, 0.3) is 0 Å². The van der Waals surface area contributed by atoms with Gasteiger partial charge in [-0.2, -0.15) is 0 Å². The summed E-state index contributed by atoms with van der Waals surface area (Å²) in [6, 6.07) is 7.11. The summed E-state index contributed by atoms with van der Waals surface area (Å²) in [7, 11) is 0. The Bertz CT molecular complexity index is 625. The molecule has 1 atom stereocenters. The van der Waals surface area contributed by atoms with E-state index in [0.717, 1.165) is 21.3 Å². The first-order chi connectivity index (χ1) is 9.38. The predicted molar refractivity (Wildman–Crippen MR) is 81.3 cm³/mol. The van der Waals surface area contributed by atoms with Gasteiger partial charge in [-0.15, -0.1) is 0 Å². The van der Waals surface area contributed by atoms with Gasteiger partial charge in [0.25, 0.3) is 0 Å². The molecule has 1 unspecified atom stereocenters. The van der Waals surface area contributed by atoms with E-state index in [4.69, 9.17) is 9.52 Å². The maximum Gasteiger partial charge on any atom is 0.371 e. The third kappa shape index (κ3) is 3.04. The smallest absolute Gasteiger partial charge is 0.371 e. The van der Waals surface area contributed by atoms with Crippen LogP contribution in [0.2, 0.25) is 0 Å². The summed E-state index contributed by atoms with van der Waals surface area (Å²) >= 11 is 3.47. The lowest BCUT2D eigenvalue weighted by atomic mass is 10.1. The van der Waals surface area contributed by atoms with Crippen LogP contribution in [0.3, 0.4) is 0 Å². The number of rotatable bonds is 4. The Morgan fingerprint density at radius 3 is 2.40 bits per heavy atom. The highest BCUT2D eigenvalue weighted by molar-refractivity contribution is 9.10. The van der Waals surface area contributed by atoms with Crippen LogP contribution in [0, 0.1) is 13.8 Å². The Kier molecular flexibility index (Phi) is 4.18. The van der Waals surface area contributed by atoms with Crippen molar-refractivity contribution in [2.75, 3.05) is 5.32 Å². The summed E-state index contributed by atoms with van der Waals surface area (Å²) in [5.41, 5.74) is 3.27. The molecular weight excluding hydrogens is 322 g/mol. The number of carboxylic acid groups (broad SMARTS) is 1. The van der Waals surface area contributed by atoms with E-state index in [1.54, 1.807) is 6.07 Å². The second-order valence-corrected chi connectivity index (χ2v) is 5.70. The van der Waals surface area contributed by atoms with E-state index in [9.17, 15) is 4.79 Å². The molecule has 0 saturated carbocycles. The number of aromatic carboxylic acids is 1. The molecular formula is C15H16BrNO3. The Morgan fingerprint density at radius 1 is 1.30 bits per heavy atom. The van der Waals surface area contributed by atoms with Crippen LogP contribution < -0.4 is 5.32 Å². The molecule has 2 rings (SSSR count). The number of halogens is 1. The van der Waals surface area contributed by atoms with Crippen LogP contribution in [-0.2, 0) is 0 Å². The summed E-state index contributed by atoms with van der Waals surface area (Å²) < 4.78 is 6.35. The number of hydrogen-bond donors (Lipinski definition) is 2. The maximum atomic E-state index is 10.8. The molecule has 2 N–H and O–H groups in total. The molecule has 0 spiro atoms. The summed E-state index contributed by atoms with van der Waals surface area (Å²) in [4.78, 5) is 10.8. The summed E-state index contributed by atoms with van der Waals surface area (Å²) in [6.45, 7) is 5.99. The molecule has 0 aliphatic rings. The van der Waals surface area contributed by atoms with Crippen molar-refractivity contribution < 1.29 is 14.3 Å². The molecule has 0 aliphatic heterocycles. The van der Waals surface area contributed by atoms with Crippen molar-refractivity contribution in [1.82, 2.24) is 0 Å². The molecule has 0 radical (unpaired) electrons. The van der Waals surface area contributed by atoms with Gasteiger partial charge < -0.3 is 14.8 Å². The van der Waals surface area contributed by atoms with Crippen LogP contribution in [0.4, 0.5) is 5.69 Å². The normalized spacial score (nSPS) is 12.2. The van der Waals surface area contributed by atoms with Crippen molar-refractivity contribution in [2.24, 2.45) is 0 Å². The van der Waals surface area contributed by atoms with E-state index in [1.165, 1.54) is 6.07 Å². The van der Waals surface area contributed by atoms with Crippen LogP contribution in [0.5, 0.6) is 0 Å². The largest absolute Gasteiger partial charge is 0.475 e. The quantitative estimate of drug-likeness (QED) is 0.860. The number of benzene rings is 1. The third-order valence-corrected chi connectivity index (χ3v) is 3.58. The lowest BCUT2D eigenvalue weighted by Gasteiger charge is -2.18. The average molecular weight is 338 g/mol. The van der Waals surface area contributed by atoms with Crippen molar-refractivity contribution in [3.8, 4) is 0 Å². The van der Waals surface area contributed by atoms with Gasteiger partial charge in [0.05, 0.1) is 6.04 Å². The molecule has 0 aliphatic carbocycles. The molecule has 1 heterocycles. The molecule has 0 saturated heterocycles. The molecule has 20 heavy (non-hydrogen) atoms. The highest BCUT2D eigenvalue weighted by Crippen LogP contribution is 2.29. The molecule has 0 bridgehead atoms. The summed E-state index contributed by atoms with van der Waals surface area (Å²) in [5, 5.41) is 12.2. The SMILES string of the molecule is Cc1cc(Br)cc(C)c1NC(C)c1ccc(C(=O)O)o1. The van der Waals surface area contributed by atoms with E-state index >= 15 is 0 Å². The van der Waals surface area contributed by atoms with Crippen LogP contribution in [-0.4, -0.2) is 11.1 Å². The van der Waals surface area contributed by atoms with Crippen molar-refractivity contribution >= 4 is 27.6 Å². The number of furan rings is 1. The van der Waals surface area contributed by atoms with Gasteiger partial charge in [-0.25, -0.2) is 4.79 Å². The van der Waals surface area contributed by atoms with E-state index in [1.807, 2.05) is 32.9 Å². The standard InChI is InChI=1S/C15H16BrNO3/c1-8-6-11(16)7-9(2)14(8)17-10(3)12-4-5-13(20-12)15(18)19/h4-7,10,17H,1-3H3,(H,18,19). The fourth-order valence-electron chi connectivity index (χ4n) is 2.13. The second-order valence-electron chi connectivity index (χ2n) is 4.79. The van der Waals surface area contributed by atoms with Gasteiger partial charge in [-0.3, -0.25) is 0 Å². The number of carbonyl (C=O) groups is 1. The summed E-state index contributed by atoms with van der Waals surface area (Å²) in [6.07, 6.45) is 0. The van der Waals surface area contributed by atoms with E-state index in [2.05, 4.69) is 21.2 Å². The average Bonchev–Trinajstić information content (AvgIpc) is 2.83. The lowest BCUT2D eigenvalue weighted by molar-refractivity contribution is 0.0660. The molecule has 1 aromatic heterocycles. The number of aryl methyl sites for hydroxylation is 2. The molecule has 106 valence electrons. The van der Waals surface area contributed by atoms with Crippen LogP contribution in [0.1, 0.15) is 40.4 Å². The van der Waals surface area contributed by atoms with Gasteiger partial charge in [-0.1, -0.05) is 15.9 Å². The number of hydrogen-bond acceptors (Lipinski definition) is 3. The summed E-state index contributed by atoms with van der Waals surface area (Å²) in [5.74, 6) is -0.499. The van der Waals surface area contributed by atoms with Gasteiger partial charge >= 0.3 is 5.97 Å². The van der Waals surface area contributed by atoms with Crippen molar-refractivity contribution in [3.05, 3.63) is 51.4 Å². The fourth-order valence-corrected chi connectivity index (χ4v) is 2.81. The molecule has 0 fully saturated rings. The minimum absolute atomic E-state index is 0.0436. The maximum absolute atomic E-state index is 10.8. The Hall–Kier alpha value is -1.75. The first kappa shape index (κ1) is 14.7. The molecule has 0 amide bonds. The molecule has 1 aromatic carbocycles. The minimum atomic E-state index is -1.06. The van der Waals surface area contributed by atoms with Gasteiger partial charge in [-0.05, 0) is 56.2 Å². The monoisotopic (exact) mass is 337 g/mol. The van der Waals surface area contributed by atoms with Crippen LogP contribution in [0.15, 0.2) is 33.2 Å². The second kappa shape index (κ2) is 5.71. The fraction of sp³-hybridized carbons (Fsp3) is 0.267. The third-order valence-electron chi connectivity index (χ3n) is 3.12. The molecule has 2 aromatic rings. The zero-order valence-electron chi connectivity index (χ0n) is 11.5. The highest BCUT2D eigenvalue weighted by atomic mass is 79.9. The number of carboxylic acids is 1. The van der Waals surface area contributed by atoms with Crippen molar-refractivity contribution in [1.29, 1.82) is 0 Å². The first-order valence-corrected chi connectivity index (χ1v) is 7.04. The Labute approximate surface area is 125 Å². The zero-order valence-corrected chi connectivity index (χ0v) is 13.1. The predicted octanol–water partition coefficient (Wildman–Crippen LogP) is 4.53. The van der Waals surface area contributed by atoms with Gasteiger partial charge in [0.1, 0.15) is 5.76 Å². The van der Waals surface area contributed by atoms with Crippen molar-refractivity contribution in [2.45, 2.75) is 26.8 Å². The topological polar surface area (TPSA) is 62.5 Å². The van der Waals surface area contributed by atoms with Gasteiger partial charge in [0, 0.05) is 10.2 Å². The molecule has 4 nitrogen and oxygen atoms in total. The van der Waals surface area contributed by atoms with E-state index < -0.39 is 5.97 Å². The van der Waals surface area contributed by atoms with Gasteiger partial charge in [0.15, 0.2) is 0 Å². The zero-order chi connectivity index (χ0) is 14.9. The number of nitrogens with one attached hydrogen (secondary N) is 1. The lowest BCUT2D eigenvalue weighted by Crippen LogP contribution is -2.08. The van der Waals surface area contributed by atoms with Gasteiger partial charge in [0.2, 0.25) is 5.76 Å². The Balaban J connectivity index is 2.23. The first-order valence-electron chi connectivity index (χ1n) is 6.25.